The first-order valence-electron chi connectivity index (χ1n) is 6.67. The van der Waals surface area contributed by atoms with Crippen molar-refractivity contribution in [2.75, 3.05) is 5.33 Å². The fourth-order valence-corrected chi connectivity index (χ4v) is 3.59. The van der Waals surface area contributed by atoms with Gasteiger partial charge in [-0.05, 0) is 42.2 Å². The largest absolute Gasteiger partial charge is 0.207 e. The first-order chi connectivity index (χ1) is 9.61. The summed E-state index contributed by atoms with van der Waals surface area (Å²) in [6, 6.07) is 14.9. The summed E-state index contributed by atoms with van der Waals surface area (Å²) in [4.78, 5) is 0. The van der Waals surface area contributed by atoms with E-state index in [4.69, 9.17) is 11.6 Å². The van der Waals surface area contributed by atoms with E-state index in [9.17, 15) is 4.39 Å². The lowest BCUT2D eigenvalue weighted by Crippen LogP contribution is -2.30. The molecule has 2 aromatic rings. The lowest BCUT2D eigenvalue weighted by molar-refractivity contribution is 0.463. The monoisotopic (exact) mass is 354 g/mol. The van der Waals surface area contributed by atoms with Crippen molar-refractivity contribution in [1.29, 1.82) is 0 Å². The molecule has 2 rings (SSSR count). The predicted molar refractivity (Wildman–Crippen MR) is 87.3 cm³/mol. The van der Waals surface area contributed by atoms with Gasteiger partial charge < -0.3 is 0 Å². The van der Waals surface area contributed by atoms with E-state index in [0.717, 1.165) is 23.7 Å². The summed E-state index contributed by atoms with van der Waals surface area (Å²) in [6.45, 7) is 2.15. The Bertz CT molecular complexity index is 564. The van der Waals surface area contributed by atoms with E-state index in [1.165, 1.54) is 11.6 Å². The maximum absolute atomic E-state index is 13.5. The number of hydrogen-bond donors (Lipinski definition) is 0. The van der Waals surface area contributed by atoms with Gasteiger partial charge in [-0.15, -0.1) is 0 Å². The van der Waals surface area contributed by atoms with Crippen molar-refractivity contribution in [3.63, 3.8) is 0 Å². The normalized spacial score (nSPS) is 14.0. The molecule has 0 amide bonds. The number of rotatable bonds is 5. The van der Waals surface area contributed by atoms with Crippen molar-refractivity contribution < 1.29 is 4.39 Å². The van der Waals surface area contributed by atoms with E-state index in [2.05, 4.69) is 35.0 Å². The Balaban J connectivity index is 2.42. The van der Waals surface area contributed by atoms with Gasteiger partial charge in [-0.25, -0.2) is 4.39 Å². The number of alkyl halides is 1. The van der Waals surface area contributed by atoms with Gasteiger partial charge in [0.2, 0.25) is 0 Å². The molecular formula is C17H17BrClF. The average molecular weight is 356 g/mol. The molecule has 0 nitrogen and oxygen atoms in total. The highest BCUT2D eigenvalue weighted by Crippen LogP contribution is 2.35. The van der Waals surface area contributed by atoms with Crippen LogP contribution in [0.2, 0.25) is 5.02 Å². The zero-order valence-electron chi connectivity index (χ0n) is 11.4. The third-order valence-electron chi connectivity index (χ3n) is 3.86. The molecule has 1 atom stereocenters. The Morgan fingerprint density at radius 1 is 1.15 bits per heavy atom. The summed E-state index contributed by atoms with van der Waals surface area (Å²) < 4.78 is 13.5. The van der Waals surface area contributed by atoms with Crippen LogP contribution in [-0.4, -0.2) is 5.33 Å². The maximum atomic E-state index is 13.5. The van der Waals surface area contributed by atoms with Crippen molar-refractivity contribution in [3.8, 4) is 0 Å². The van der Waals surface area contributed by atoms with Crippen LogP contribution in [0.3, 0.4) is 0 Å². The van der Waals surface area contributed by atoms with E-state index < -0.39 is 0 Å². The van der Waals surface area contributed by atoms with Crippen molar-refractivity contribution in [2.45, 2.75) is 25.2 Å². The minimum absolute atomic E-state index is 0.0707. The van der Waals surface area contributed by atoms with Gasteiger partial charge in [0.15, 0.2) is 0 Å². The summed E-state index contributed by atoms with van der Waals surface area (Å²) in [5.74, 6) is -0.239. The first kappa shape index (κ1) is 15.5. The zero-order valence-corrected chi connectivity index (χ0v) is 13.7. The Hall–Kier alpha value is -0.860. The highest BCUT2D eigenvalue weighted by molar-refractivity contribution is 9.09. The second-order valence-corrected chi connectivity index (χ2v) is 6.01. The molecule has 0 N–H and O–H groups in total. The maximum Gasteiger partial charge on any atom is 0.123 e. The molecule has 0 radical (unpaired) electrons. The molecule has 0 saturated heterocycles. The average Bonchev–Trinajstić information content (AvgIpc) is 2.49. The molecule has 0 aliphatic heterocycles. The van der Waals surface area contributed by atoms with E-state index in [0.29, 0.717) is 5.02 Å². The summed E-state index contributed by atoms with van der Waals surface area (Å²) in [5.41, 5.74) is 2.04. The molecular weight excluding hydrogens is 339 g/mol. The van der Waals surface area contributed by atoms with E-state index in [-0.39, 0.29) is 11.2 Å². The van der Waals surface area contributed by atoms with Crippen LogP contribution in [0.4, 0.5) is 4.39 Å². The Morgan fingerprint density at radius 3 is 2.45 bits per heavy atom. The van der Waals surface area contributed by atoms with Crippen molar-refractivity contribution in [1.82, 2.24) is 0 Å². The molecule has 0 spiro atoms. The van der Waals surface area contributed by atoms with Gasteiger partial charge >= 0.3 is 0 Å². The third kappa shape index (κ3) is 3.24. The van der Waals surface area contributed by atoms with Crippen LogP contribution in [-0.2, 0) is 11.8 Å². The molecule has 3 heteroatoms. The molecule has 2 aromatic carbocycles. The first-order valence-corrected chi connectivity index (χ1v) is 8.16. The van der Waals surface area contributed by atoms with E-state index in [1.54, 1.807) is 12.1 Å². The van der Waals surface area contributed by atoms with Gasteiger partial charge in [0.1, 0.15) is 5.82 Å². The highest BCUT2D eigenvalue weighted by Gasteiger charge is 2.30. The molecule has 0 heterocycles. The van der Waals surface area contributed by atoms with Crippen molar-refractivity contribution in [2.24, 2.45) is 0 Å². The standard InChI is InChI=1S/C17H17BrClF/c1-2-17(12-18,14-6-4-3-5-7-14)11-13-10-15(20)8-9-16(13)19/h3-10H,2,11-12H2,1H3. The van der Waals surface area contributed by atoms with Gasteiger partial charge in [0, 0.05) is 15.8 Å². The fourth-order valence-electron chi connectivity index (χ4n) is 2.49. The summed E-state index contributed by atoms with van der Waals surface area (Å²) in [6.07, 6.45) is 1.67. The van der Waals surface area contributed by atoms with E-state index in [1.807, 2.05) is 18.2 Å². The highest BCUT2D eigenvalue weighted by atomic mass is 79.9. The van der Waals surface area contributed by atoms with Gasteiger partial charge in [-0.3, -0.25) is 0 Å². The van der Waals surface area contributed by atoms with Crippen LogP contribution in [0, 0.1) is 5.82 Å². The summed E-state index contributed by atoms with van der Waals surface area (Å²) in [5, 5.41) is 1.44. The van der Waals surface area contributed by atoms with Gasteiger partial charge in [0.05, 0.1) is 0 Å². The van der Waals surface area contributed by atoms with Crippen LogP contribution in [0.1, 0.15) is 24.5 Å². The molecule has 0 saturated carbocycles. The van der Waals surface area contributed by atoms with Gasteiger partial charge in [-0.2, -0.15) is 0 Å². The number of halogens is 3. The molecule has 0 aliphatic carbocycles. The molecule has 0 bridgehead atoms. The Morgan fingerprint density at radius 2 is 1.85 bits per heavy atom. The van der Waals surface area contributed by atoms with Gasteiger partial charge in [0.25, 0.3) is 0 Å². The fraction of sp³-hybridized carbons (Fsp3) is 0.294. The molecule has 20 heavy (non-hydrogen) atoms. The second-order valence-electron chi connectivity index (χ2n) is 5.05. The lowest BCUT2D eigenvalue weighted by atomic mass is 9.75. The topological polar surface area (TPSA) is 0 Å². The molecule has 0 aliphatic rings. The minimum atomic E-state index is -0.239. The quantitative estimate of drug-likeness (QED) is 0.598. The minimum Gasteiger partial charge on any atom is -0.207 e. The van der Waals surface area contributed by atoms with Crippen LogP contribution in [0.25, 0.3) is 0 Å². The number of benzene rings is 2. The molecule has 0 fully saturated rings. The zero-order chi connectivity index (χ0) is 14.6. The van der Waals surface area contributed by atoms with Crippen LogP contribution < -0.4 is 0 Å². The van der Waals surface area contributed by atoms with Gasteiger partial charge in [-0.1, -0.05) is 64.8 Å². The lowest BCUT2D eigenvalue weighted by Gasteiger charge is -2.32. The van der Waals surface area contributed by atoms with Crippen molar-refractivity contribution >= 4 is 27.5 Å². The molecule has 106 valence electrons. The second kappa shape index (κ2) is 6.73. The Labute approximate surface area is 133 Å². The van der Waals surface area contributed by atoms with Crippen LogP contribution >= 0.6 is 27.5 Å². The SMILES string of the molecule is CCC(CBr)(Cc1cc(F)ccc1Cl)c1ccccc1. The Kier molecular flexibility index (Phi) is 5.22. The van der Waals surface area contributed by atoms with Crippen LogP contribution in [0.5, 0.6) is 0 Å². The van der Waals surface area contributed by atoms with Crippen molar-refractivity contribution in [3.05, 3.63) is 70.5 Å². The summed E-state index contributed by atoms with van der Waals surface area (Å²) in [7, 11) is 0. The van der Waals surface area contributed by atoms with Crippen LogP contribution in [0.15, 0.2) is 48.5 Å². The number of hydrogen-bond acceptors (Lipinski definition) is 0. The van der Waals surface area contributed by atoms with E-state index >= 15 is 0 Å². The molecule has 1 unspecified atom stereocenters. The smallest absolute Gasteiger partial charge is 0.123 e. The predicted octanol–water partition coefficient (Wildman–Crippen LogP) is 5.76. The summed E-state index contributed by atoms with van der Waals surface area (Å²) >= 11 is 9.86. The third-order valence-corrected chi connectivity index (χ3v) is 5.30. The molecule has 0 aromatic heterocycles.